The van der Waals surface area contributed by atoms with Gasteiger partial charge in [-0.25, -0.2) is 4.79 Å². The molecule has 2 aromatic carbocycles. The van der Waals surface area contributed by atoms with Crippen LogP contribution < -0.4 is 15.4 Å². The monoisotopic (exact) mass is 452 g/mol. The second-order valence-corrected chi connectivity index (χ2v) is 7.97. The van der Waals surface area contributed by atoms with Crippen molar-refractivity contribution >= 4 is 34.8 Å². The summed E-state index contributed by atoms with van der Waals surface area (Å²) in [6.07, 6.45) is 0.350. The highest BCUT2D eigenvalue weighted by Gasteiger charge is 2.23. The Hall–Kier alpha value is -3.65. The topological polar surface area (TPSA) is 93.7 Å². The summed E-state index contributed by atoms with van der Waals surface area (Å²) in [4.78, 5) is 37.5. The first-order chi connectivity index (χ1) is 15.5. The molecule has 166 valence electrons. The van der Waals surface area contributed by atoms with Crippen LogP contribution in [0.5, 0.6) is 5.75 Å². The normalized spacial score (nSPS) is 11.3. The zero-order valence-electron chi connectivity index (χ0n) is 17.8. The SMILES string of the molecule is COC(=O)COc1ccc(NC(=O)C(Cc2ccccc2)NC(=O)c2cccs2)c(C)c1. The number of ether oxygens (including phenoxy) is 2. The number of benzene rings is 2. The summed E-state index contributed by atoms with van der Waals surface area (Å²) in [5, 5.41) is 7.54. The fourth-order valence-electron chi connectivity index (χ4n) is 2.98. The van der Waals surface area contributed by atoms with Crippen LogP contribution in [-0.2, 0) is 20.7 Å². The first-order valence-electron chi connectivity index (χ1n) is 9.95. The summed E-state index contributed by atoms with van der Waals surface area (Å²) in [7, 11) is 1.29. The smallest absolute Gasteiger partial charge is 0.343 e. The van der Waals surface area contributed by atoms with Gasteiger partial charge in [0.2, 0.25) is 5.91 Å². The molecule has 32 heavy (non-hydrogen) atoms. The molecule has 3 aromatic rings. The van der Waals surface area contributed by atoms with Gasteiger partial charge in [0.15, 0.2) is 6.61 Å². The molecule has 0 aliphatic rings. The lowest BCUT2D eigenvalue weighted by atomic mass is 10.0. The van der Waals surface area contributed by atoms with Gasteiger partial charge in [-0.2, -0.15) is 0 Å². The third-order valence-electron chi connectivity index (χ3n) is 4.69. The molecule has 1 heterocycles. The minimum atomic E-state index is -0.762. The van der Waals surface area contributed by atoms with Crippen LogP contribution in [-0.4, -0.2) is 37.5 Å². The van der Waals surface area contributed by atoms with Crippen LogP contribution >= 0.6 is 11.3 Å². The predicted octanol–water partition coefficient (Wildman–Crippen LogP) is 3.59. The van der Waals surface area contributed by atoms with Gasteiger partial charge < -0.3 is 20.1 Å². The lowest BCUT2D eigenvalue weighted by Crippen LogP contribution is -2.45. The number of methoxy groups -OCH3 is 1. The Morgan fingerprint density at radius 1 is 1.03 bits per heavy atom. The quantitative estimate of drug-likeness (QED) is 0.484. The van der Waals surface area contributed by atoms with Crippen molar-refractivity contribution in [1.29, 1.82) is 0 Å². The fraction of sp³-hybridized carbons (Fsp3) is 0.208. The highest BCUT2D eigenvalue weighted by Crippen LogP contribution is 2.22. The Kier molecular flexibility index (Phi) is 7.99. The van der Waals surface area contributed by atoms with E-state index in [-0.39, 0.29) is 18.4 Å². The van der Waals surface area contributed by atoms with Gasteiger partial charge in [0.05, 0.1) is 12.0 Å². The highest BCUT2D eigenvalue weighted by atomic mass is 32.1. The number of carbonyl (C=O) groups is 3. The van der Waals surface area contributed by atoms with E-state index >= 15 is 0 Å². The second-order valence-electron chi connectivity index (χ2n) is 7.02. The number of hydrogen-bond acceptors (Lipinski definition) is 6. The Morgan fingerprint density at radius 2 is 1.81 bits per heavy atom. The number of anilines is 1. The average molecular weight is 453 g/mol. The lowest BCUT2D eigenvalue weighted by molar-refractivity contribution is -0.142. The highest BCUT2D eigenvalue weighted by molar-refractivity contribution is 7.12. The Bertz CT molecular complexity index is 1070. The summed E-state index contributed by atoms with van der Waals surface area (Å²) in [5.74, 6) is -0.618. The van der Waals surface area contributed by atoms with E-state index in [0.717, 1.165) is 11.1 Å². The molecule has 8 heteroatoms. The summed E-state index contributed by atoms with van der Waals surface area (Å²) in [5.41, 5.74) is 2.27. The molecule has 2 amide bonds. The fourth-order valence-corrected chi connectivity index (χ4v) is 3.61. The molecule has 0 fully saturated rings. The number of aryl methyl sites for hydroxylation is 1. The number of carbonyl (C=O) groups excluding carboxylic acids is 3. The molecule has 7 nitrogen and oxygen atoms in total. The third kappa shape index (κ3) is 6.42. The van der Waals surface area contributed by atoms with Crippen LogP contribution in [0.25, 0.3) is 0 Å². The molecule has 3 rings (SSSR count). The van der Waals surface area contributed by atoms with Crippen LogP contribution in [0.4, 0.5) is 5.69 Å². The van der Waals surface area contributed by atoms with Crippen molar-refractivity contribution in [1.82, 2.24) is 5.32 Å². The molecule has 0 saturated heterocycles. The van der Waals surface area contributed by atoms with Crippen LogP contribution in [0, 0.1) is 6.92 Å². The zero-order valence-corrected chi connectivity index (χ0v) is 18.6. The van der Waals surface area contributed by atoms with E-state index in [1.807, 2.05) is 42.6 Å². The summed E-state index contributed by atoms with van der Waals surface area (Å²) >= 11 is 1.32. The largest absolute Gasteiger partial charge is 0.482 e. The van der Waals surface area contributed by atoms with Gasteiger partial charge in [0, 0.05) is 12.1 Å². The Labute approximate surface area is 190 Å². The second kappa shape index (κ2) is 11.1. The van der Waals surface area contributed by atoms with Gasteiger partial charge in [0.1, 0.15) is 11.8 Å². The molecule has 1 aromatic heterocycles. The van der Waals surface area contributed by atoms with Gasteiger partial charge >= 0.3 is 5.97 Å². The maximum Gasteiger partial charge on any atom is 0.343 e. The van der Waals surface area contributed by atoms with Crippen molar-refractivity contribution < 1.29 is 23.9 Å². The predicted molar refractivity (Wildman–Crippen MR) is 123 cm³/mol. The van der Waals surface area contributed by atoms with E-state index in [0.29, 0.717) is 22.7 Å². The van der Waals surface area contributed by atoms with Crippen molar-refractivity contribution in [3.8, 4) is 5.75 Å². The molecule has 1 atom stereocenters. The molecule has 0 aliphatic carbocycles. The Balaban J connectivity index is 1.72. The first kappa shape index (κ1) is 23.0. The molecule has 0 spiro atoms. The van der Waals surface area contributed by atoms with E-state index in [2.05, 4.69) is 15.4 Å². The van der Waals surface area contributed by atoms with E-state index in [9.17, 15) is 14.4 Å². The molecule has 1 unspecified atom stereocenters. The van der Waals surface area contributed by atoms with Gasteiger partial charge in [-0.15, -0.1) is 11.3 Å². The average Bonchev–Trinajstić information content (AvgIpc) is 3.34. The number of nitrogens with one attached hydrogen (secondary N) is 2. The van der Waals surface area contributed by atoms with E-state index in [1.165, 1.54) is 18.4 Å². The number of amides is 2. The molecular weight excluding hydrogens is 428 g/mol. The summed E-state index contributed by atoms with van der Waals surface area (Å²) in [6.45, 7) is 1.62. The molecule has 0 saturated carbocycles. The first-order valence-corrected chi connectivity index (χ1v) is 10.8. The van der Waals surface area contributed by atoms with Gasteiger partial charge in [-0.3, -0.25) is 9.59 Å². The van der Waals surface area contributed by atoms with Crippen LogP contribution in [0.1, 0.15) is 20.8 Å². The molecule has 0 bridgehead atoms. The van der Waals surface area contributed by atoms with E-state index in [1.54, 1.807) is 30.3 Å². The van der Waals surface area contributed by atoms with Crippen LogP contribution in [0.2, 0.25) is 0 Å². The number of esters is 1. The van der Waals surface area contributed by atoms with E-state index < -0.39 is 12.0 Å². The van der Waals surface area contributed by atoms with Gasteiger partial charge in [-0.1, -0.05) is 36.4 Å². The summed E-state index contributed by atoms with van der Waals surface area (Å²) in [6, 6.07) is 17.3. The number of hydrogen-bond donors (Lipinski definition) is 2. The molecular formula is C24H24N2O5S. The minimum absolute atomic E-state index is 0.199. The van der Waals surface area contributed by atoms with Crippen molar-refractivity contribution in [2.75, 3.05) is 19.0 Å². The van der Waals surface area contributed by atoms with Gasteiger partial charge in [0.25, 0.3) is 5.91 Å². The van der Waals surface area contributed by atoms with Crippen molar-refractivity contribution in [2.24, 2.45) is 0 Å². The van der Waals surface area contributed by atoms with Gasteiger partial charge in [-0.05, 0) is 47.7 Å². The summed E-state index contributed by atoms with van der Waals surface area (Å²) < 4.78 is 9.93. The van der Waals surface area contributed by atoms with E-state index in [4.69, 9.17) is 4.74 Å². The molecule has 0 radical (unpaired) electrons. The van der Waals surface area contributed by atoms with Crippen LogP contribution in [0.3, 0.4) is 0 Å². The third-order valence-corrected chi connectivity index (χ3v) is 5.56. The van der Waals surface area contributed by atoms with Crippen molar-refractivity contribution in [3.05, 3.63) is 82.0 Å². The molecule has 2 N–H and O–H groups in total. The van der Waals surface area contributed by atoms with Crippen molar-refractivity contribution in [2.45, 2.75) is 19.4 Å². The molecule has 0 aliphatic heterocycles. The standard InChI is InChI=1S/C24H24N2O5S/c1-16-13-18(31-15-22(27)30-2)10-11-19(16)25-23(28)20(14-17-7-4-3-5-8-17)26-24(29)21-9-6-12-32-21/h3-13,20H,14-15H2,1-2H3,(H,25,28)(H,26,29). The minimum Gasteiger partial charge on any atom is -0.482 e. The maximum absolute atomic E-state index is 13.1. The lowest BCUT2D eigenvalue weighted by Gasteiger charge is -2.19. The zero-order chi connectivity index (χ0) is 22.9. The maximum atomic E-state index is 13.1. The Morgan fingerprint density at radius 3 is 2.47 bits per heavy atom. The number of rotatable bonds is 9. The van der Waals surface area contributed by atoms with Crippen molar-refractivity contribution in [3.63, 3.8) is 0 Å². The van der Waals surface area contributed by atoms with Crippen LogP contribution in [0.15, 0.2) is 66.0 Å². The number of thiophene rings is 1.